The van der Waals surface area contributed by atoms with Crippen LogP contribution in [-0.2, 0) is 5.54 Å². The number of aromatic nitrogens is 3. The smallest absolute Gasteiger partial charge is 0.272 e. The molecule has 0 spiro atoms. The second kappa shape index (κ2) is 6.23. The molecule has 0 saturated carbocycles. The van der Waals surface area contributed by atoms with Gasteiger partial charge in [0.2, 0.25) is 0 Å². The molecule has 5 nitrogen and oxygen atoms in total. The topological polar surface area (TPSA) is 51.0 Å². The summed E-state index contributed by atoms with van der Waals surface area (Å²) < 4.78 is 1.93. The molecule has 0 N–H and O–H groups in total. The van der Waals surface area contributed by atoms with Gasteiger partial charge >= 0.3 is 0 Å². The van der Waals surface area contributed by atoms with Gasteiger partial charge in [0.25, 0.3) is 5.91 Å². The van der Waals surface area contributed by atoms with Crippen molar-refractivity contribution >= 4 is 5.91 Å². The normalized spacial score (nSPS) is 15.6. The quantitative estimate of drug-likeness (QED) is 0.795. The van der Waals surface area contributed by atoms with E-state index in [0.29, 0.717) is 5.69 Å². The van der Waals surface area contributed by atoms with Crippen molar-refractivity contribution < 1.29 is 4.79 Å². The Morgan fingerprint density at radius 1 is 1.21 bits per heavy atom. The van der Waals surface area contributed by atoms with Crippen LogP contribution in [0.1, 0.15) is 44.1 Å². The van der Waals surface area contributed by atoms with Gasteiger partial charge in [0.15, 0.2) is 0 Å². The van der Waals surface area contributed by atoms with Crippen molar-refractivity contribution in [3.63, 3.8) is 0 Å². The fourth-order valence-corrected chi connectivity index (χ4v) is 2.75. The minimum Gasteiger partial charge on any atom is -0.337 e. The molecule has 1 aliphatic heterocycles. The highest BCUT2D eigenvalue weighted by molar-refractivity contribution is 5.93. The summed E-state index contributed by atoms with van der Waals surface area (Å²) in [6.45, 7) is 11.8. The third-order valence-corrected chi connectivity index (χ3v) is 4.34. The molecule has 0 atom stereocenters. The van der Waals surface area contributed by atoms with Crippen molar-refractivity contribution in [1.29, 1.82) is 0 Å². The molecule has 0 aliphatic carbocycles. The lowest BCUT2D eigenvalue weighted by atomic mass is 10.0. The van der Waals surface area contributed by atoms with Gasteiger partial charge in [-0.05, 0) is 51.3 Å². The van der Waals surface area contributed by atoms with E-state index in [4.69, 9.17) is 0 Å². The number of hydrogen-bond donors (Lipinski definition) is 0. The number of piperidine rings is 1. The maximum atomic E-state index is 12.7. The second-order valence-corrected chi connectivity index (χ2v) is 7.32. The van der Waals surface area contributed by atoms with E-state index in [0.717, 1.165) is 37.1 Å². The van der Waals surface area contributed by atoms with E-state index in [1.807, 2.05) is 34.1 Å². The van der Waals surface area contributed by atoms with Gasteiger partial charge in [0.1, 0.15) is 5.69 Å². The predicted molar refractivity (Wildman–Crippen MR) is 94.7 cm³/mol. The van der Waals surface area contributed by atoms with E-state index < -0.39 is 0 Å². The fraction of sp³-hybridized carbons (Fsp3) is 0.421. The average Bonchev–Trinajstić information content (AvgIpc) is 3.05. The minimum absolute atomic E-state index is 0.00689. The monoisotopic (exact) mass is 324 g/mol. The molecule has 1 aliphatic rings. The third-order valence-electron chi connectivity index (χ3n) is 4.34. The maximum absolute atomic E-state index is 12.7. The lowest BCUT2D eigenvalue weighted by Crippen LogP contribution is -2.36. The first kappa shape index (κ1) is 16.4. The summed E-state index contributed by atoms with van der Waals surface area (Å²) >= 11 is 0. The zero-order valence-corrected chi connectivity index (χ0v) is 14.6. The fourth-order valence-electron chi connectivity index (χ4n) is 2.75. The number of carbonyl (C=O) groups excluding carboxylic acids is 1. The van der Waals surface area contributed by atoms with Crippen LogP contribution in [0.15, 0.2) is 42.9 Å². The Bertz CT molecular complexity index is 760. The molecular formula is C19H24N4O. The van der Waals surface area contributed by atoms with Crippen LogP contribution in [0, 0.1) is 0 Å². The molecule has 2 aromatic rings. The molecule has 0 aromatic carbocycles. The Balaban J connectivity index is 1.83. The van der Waals surface area contributed by atoms with Gasteiger partial charge in [-0.1, -0.05) is 12.2 Å². The molecule has 1 saturated heterocycles. The standard InChI is InChI=1S/C19H24N4O/c1-14-6-9-22(10-7-14)18(24)17-11-15(5-8-20-17)16-12-21-23(13-16)19(2,3)4/h5,8,11-13H,1,6-7,9-10H2,2-4H3. The third kappa shape index (κ3) is 3.40. The Labute approximate surface area is 143 Å². The summed E-state index contributed by atoms with van der Waals surface area (Å²) in [7, 11) is 0. The van der Waals surface area contributed by atoms with Crippen molar-refractivity contribution in [3.8, 4) is 11.1 Å². The number of carbonyl (C=O) groups is 1. The Hall–Kier alpha value is -2.43. The van der Waals surface area contributed by atoms with Gasteiger partial charge in [0, 0.05) is 31.0 Å². The van der Waals surface area contributed by atoms with Crippen LogP contribution in [0.5, 0.6) is 0 Å². The van der Waals surface area contributed by atoms with E-state index in [-0.39, 0.29) is 11.4 Å². The van der Waals surface area contributed by atoms with E-state index in [2.05, 4.69) is 37.4 Å². The molecule has 0 unspecified atom stereocenters. The Morgan fingerprint density at radius 2 is 1.92 bits per heavy atom. The number of pyridine rings is 1. The van der Waals surface area contributed by atoms with Crippen molar-refractivity contribution in [2.24, 2.45) is 0 Å². The van der Waals surface area contributed by atoms with Crippen LogP contribution in [-0.4, -0.2) is 38.7 Å². The van der Waals surface area contributed by atoms with E-state index in [9.17, 15) is 4.79 Å². The summed E-state index contributed by atoms with van der Waals surface area (Å²) in [6.07, 6.45) is 7.29. The van der Waals surface area contributed by atoms with Crippen molar-refractivity contribution in [1.82, 2.24) is 19.7 Å². The molecular weight excluding hydrogens is 300 g/mol. The lowest BCUT2D eigenvalue weighted by Gasteiger charge is -2.27. The Kier molecular flexibility index (Phi) is 4.26. The highest BCUT2D eigenvalue weighted by atomic mass is 16.2. The van der Waals surface area contributed by atoms with Gasteiger partial charge in [-0.15, -0.1) is 0 Å². The zero-order valence-electron chi connectivity index (χ0n) is 14.6. The van der Waals surface area contributed by atoms with Gasteiger partial charge in [-0.2, -0.15) is 5.10 Å². The number of nitrogens with zero attached hydrogens (tertiary/aromatic N) is 4. The average molecular weight is 324 g/mol. The highest BCUT2D eigenvalue weighted by Crippen LogP contribution is 2.23. The van der Waals surface area contributed by atoms with Gasteiger partial charge in [-0.3, -0.25) is 14.5 Å². The lowest BCUT2D eigenvalue weighted by molar-refractivity contribution is 0.0738. The summed E-state index contributed by atoms with van der Waals surface area (Å²) in [5.74, 6) is -0.00689. The zero-order chi connectivity index (χ0) is 17.3. The van der Waals surface area contributed by atoms with Crippen molar-refractivity contribution in [3.05, 3.63) is 48.6 Å². The highest BCUT2D eigenvalue weighted by Gasteiger charge is 2.21. The van der Waals surface area contributed by atoms with Gasteiger partial charge < -0.3 is 4.90 Å². The number of likely N-dealkylation sites (tertiary alicyclic amines) is 1. The molecule has 3 rings (SSSR count). The first-order valence-corrected chi connectivity index (χ1v) is 8.32. The van der Waals surface area contributed by atoms with E-state index in [1.54, 1.807) is 6.20 Å². The van der Waals surface area contributed by atoms with Gasteiger partial charge in [-0.25, -0.2) is 0 Å². The van der Waals surface area contributed by atoms with Crippen LogP contribution in [0.4, 0.5) is 0 Å². The van der Waals surface area contributed by atoms with Crippen LogP contribution < -0.4 is 0 Å². The Morgan fingerprint density at radius 3 is 2.54 bits per heavy atom. The predicted octanol–water partition coefficient (Wildman–Crippen LogP) is 3.49. The molecule has 0 bridgehead atoms. The first-order valence-electron chi connectivity index (χ1n) is 8.32. The number of hydrogen-bond acceptors (Lipinski definition) is 3. The summed E-state index contributed by atoms with van der Waals surface area (Å²) in [6, 6.07) is 3.77. The molecule has 0 radical (unpaired) electrons. The molecule has 126 valence electrons. The molecule has 24 heavy (non-hydrogen) atoms. The molecule has 1 fully saturated rings. The van der Waals surface area contributed by atoms with Crippen molar-refractivity contribution in [2.75, 3.05) is 13.1 Å². The summed E-state index contributed by atoms with van der Waals surface area (Å²) in [4.78, 5) is 18.8. The largest absolute Gasteiger partial charge is 0.337 e. The van der Waals surface area contributed by atoms with Crippen LogP contribution in [0.25, 0.3) is 11.1 Å². The van der Waals surface area contributed by atoms with Gasteiger partial charge in [0.05, 0.1) is 11.7 Å². The molecule has 5 heteroatoms. The molecule has 1 amide bonds. The summed E-state index contributed by atoms with van der Waals surface area (Å²) in [5.41, 5.74) is 3.60. The second-order valence-electron chi connectivity index (χ2n) is 7.32. The van der Waals surface area contributed by atoms with Crippen molar-refractivity contribution in [2.45, 2.75) is 39.2 Å². The first-order chi connectivity index (χ1) is 11.3. The number of rotatable bonds is 2. The summed E-state index contributed by atoms with van der Waals surface area (Å²) in [5, 5.41) is 4.43. The molecule has 2 aromatic heterocycles. The van der Waals surface area contributed by atoms with Crippen LogP contribution in [0.2, 0.25) is 0 Å². The number of amides is 1. The van der Waals surface area contributed by atoms with Crippen LogP contribution in [0.3, 0.4) is 0 Å². The van der Waals surface area contributed by atoms with E-state index in [1.165, 1.54) is 5.57 Å². The SMILES string of the molecule is C=C1CCN(C(=O)c2cc(-c3cnn(C(C)(C)C)c3)ccn2)CC1. The van der Waals surface area contributed by atoms with Crippen LogP contribution >= 0.6 is 0 Å². The maximum Gasteiger partial charge on any atom is 0.272 e. The van der Waals surface area contributed by atoms with E-state index >= 15 is 0 Å². The molecule has 3 heterocycles. The minimum atomic E-state index is -0.0693.